The van der Waals surface area contributed by atoms with Gasteiger partial charge in [0, 0.05) is 0 Å². The second kappa shape index (κ2) is 12.2. The van der Waals surface area contributed by atoms with Gasteiger partial charge in [-0.15, -0.1) is 0 Å². The van der Waals surface area contributed by atoms with E-state index in [4.69, 9.17) is 0 Å². The molecule has 20 heavy (non-hydrogen) atoms. The molecular weight excluding hydrogens is 250 g/mol. The highest BCUT2D eigenvalue weighted by atomic mass is 16.4. The molecule has 0 aromatic heterocycles. The van der Waals surface area contributed by atoms with E-state index in [1.807, 2.05) is 6.92 Å². The minimum atomic E-state index is -0.741. The quantitative estimate of drug-likeness (QED) is 0.453. The van der Waals surface area contributed by atoms with Gasteiger partial charge in [0.1, 0.15) is 5.54 Å². The molecule has 0 aliphatic rings. The van der Waals surface area contributed by atoms with Crippen LogP contribution in [0.3, 0.4) is 0 Å². The maximum Gasteiger partial charge on any atom is 0.323 e. The fourth-order valence-electron chi connectivity index (χ4n) is 2.63. The first-order valence-corrected chi connectivity index (χ1v) is 8.55. The summed E-state index contributed by atoms with van der Waals surface area (Å²) in [4.78, 5) is 11.2. The van der Waals surface area contributed by atoms with Crippen molar-refractivity contribution in [3.05, 3.63) is 0 Å². The van der Waals surface area contributed by atoms with Crippen molar-refractivity contribution in [2.75, 3.05) is 6.54 Å². The van der Waals surface area contributed by atoms with Gasteiger partial charge in [-0.1, -0.05) is 78.1 Å². The Balaban J connectivity index is 3.48. The monoisotopic (exact) mass is 285 g/mol. The van der Waals surface area contributed by atoms with E-state index in [1.54, 1.807) is 6.92 Å². The Morgan fingerprint density at radius 3 is 1.75 bits per heavy atom. The maximum atomic E-state index is 11.2. The van der Waals surface area contributed by atoms with E-state index in [0.29, 0.717) is 6.54 Å². The molecule has 1 atom stereocenters. The summed E-state index contributed by atoms with van der Waals surface area (Å²) < 4.78 is 0. The molecule has 1 unspecified atom stereocenters. The van der Waals surface area contributed by atoms with Crippen LogP contribution in [0.15, 0.2) is 0 Å². The van der Waals surface area contributed by atoms with E-state index in [9.17, 15) is 9.90 Å². The standard InChI is InChI=1S/C17H35NO2/c1-4-6-7-8-9-10-11-12-13-14-15-17(3,16(19)20)18-5-2/h18H,4-15H2,1-3H3,(H,19,20). The highest BCUT2D eigenvalue weighted by molar-refractivity contribution is 5.78. The number of nitrogens with one attached hydrogen (secondary N) is 1. The summed E-state index contributed by atoms with van der Waals surface area (Å²) in [6.45, 7) is 6.71. The first kappa shape index (κ1) is 19.4. The van der Waals surface area contributed by atoms with Crippen LogP contribution in [0, 0.1) is 0 Å². The third-order valence-electron chi connectivity index (χ3n) is 4.07. The van der Waals surface area contributed by atoms with E-state index in [0.717, 1.165) is 19.3 Å². The van der Waals surface area contributed by atoms with Crippen molar-refractivity contribution >= 4 is 5.97 Å². The molecule has 0 saturated heterocycles. The number of carbonyl (C=O) groups is 1. The number of hydrogen-bond donors (Lipinski definition) is 2. The molecule has 0 rings (SSSR count). The lowest BCUT2D eigenvalue weighted by atomic mass is 9.94. The Kier molecular flexibility index (Phi) is 11.8. The van der Waals surface area contributed by atoms with Crippen LogP contribution in [-0.4, -0.2) is 23.2 Å². The van der Waals surface area contributed by atoms with Crippen LogP contribution in [0.5, 0.6) is 0 Å². The largest absolute Gasteiger partial charge is 0.480 e. The van der Waals surface area contributed by atoms with Crippen molar-refractivity contribution in [3.8, 4) is 0 Å². The Hall–Kier alpha value is -0.570. The van der Waals surface area contributed by atoms with Crippen molar-refractivity contribution in [2.24, 2.45) is 0 Å². The number of carboxylic acid groups (broad SMARTS) is 1. The van der Waals surface area contributed by atoms with Gasteiger partial charge in [0.2, 0.25) is 0 Å². The molecule has 0 bridgehead atoms. The molecule has 0 radical (unpaired) electrons. The number of rotatable bonds is 14. The summed E-state index contributed by atoms with van der Waals surface area (Å²) in [5.74, 6) is -0.727. The molecule has 3 nitrogen and oxygen atoms in total. The number of carboxylic acids is 1. The van der Waals surface area contributed by atoms with Crippen LogP contribution < -0.4 is 5.32 Å². The van der Waals surface area contributed by atoms with Gasteiger partial charge in [0.15, 0.2) is 0 Å². The lowest BCUT2D eigenvalue weighted by Gasteiger charge is -2.25. The maximum absolute atomic E-state index is 11.2. The van der Waals surface area contributed by atoms with Crippen LogP contribution in [0.4, 0.5) is 0 Å². The summed E-state index contributed by atoms with van der Waals surface area (Å²) in [6, 6.07) is 0. The minimum Gasteiger partial charge on any atom is -0.480 e. The van der Waals surface area contributed by atoms with Gasteiger partial charge in [-0.25, -0.2) is 0 Å². The van der Waals surface area contributed by atoms with E-state index < -0.39 is 11.5 Å². The number of aliphatic carboxylic acids is 1. The topological polar surface area (TPSA) is 49.3 Å². The number of likely N-dealkylation sites (N-methyl/N-ethyl adjacent to an activating group) is 1. The van der Waals surface area contributed by atoms with Crippen molar-refractivity contribution in [3.63, 3.8) is 0 Å². The Labute approximate surface area is 125 Å². The van der Waals surface area contributed by atoms with Crippen molar-refractivity contribution < 1.29 is 9.90 Å². The Morgan fingerprint density at radius 2 is 1.35 bits per heavy atom. The zero-order valence-electron chi connectivity index (χ0n) is 13.8. The fourth-order valence-corrected chi connectivity index (χ4v) is 2.63. The Morgan fingerprint density at radius 1 is 0.900 bits per heavy atom. The van der Waals surface area contributed by atoms with Gasteiger partial charge in [-0.05, 0) is 19.9 Å². The molecule has 120 valence electrons. The van der Waals surface area contributed by atoms with Crippen molar-refractivity contribution in [2.45, 2.75) is 96.9 Å². The van der Waals surface area contributed by atoms with Crippen LogP contribution >= 0.6 is 0 Å². The van der Waals surface area contributed by atoms with Gasteiger partial charge in [-0.3, -0.25) is 4.79 Å². The third kappa shape index (κ3) is 9.35. The molecule has 0 heterocycles. The molecule has 0 aliphatic heterocycles. The summed E-state index contributed by atoms with van der Waals surface area (Å²) in [6.07, 6.45) is 13.6. The zero-order chi connectivity index (χ0) is 15.3. The van der Waals surface area contributed by atoms with E-state index in [1.165, 1.54) is 51.4 Å². The third-order valence-corrected chi connectivity index (χ3v) is 4.07. The zero-order valence-corrected chi connectivity index (χ0v) is 13.8. The number of hydrogen-bond acceptors (Lipinski definition) is 2. The second-order valence-electron chi connectivity index (χ2n) is 6.10. The second-order valence-corrected chi connectivity index (χ2v) is 6.10. The van der Waals surface area contributed by atoms with Crippen LogP contribution in [0.25, 0.3) is 0 Å². The van der Waals surface area contributed by atoms with Crippen LogP contribution in [0.1, 0.15) is 91.4 Å². The first-order valence-electron chi connectivity index (χ1n) is 8.55. The molecule has 0 amide bonds. The van der Waals surface area contributed by atoms with Crippen molar-refractivity contribution in [1.29, 1.82) is 0 Å². The van der Waals surface area contributed by atoms with E-state index in [-0.39, 0.29) is 0 Å². The van der Waals surface area contributed by atoms with E-state index in [2.05, 4.69) is 12.2 Å². The molecule has 2 N–H and O–H groups in total. The lowest BCUT2D eigenvalue weighted by molar-refractivity contribution is -0.144. The average molecular weight is 285 g/mol. The molecule has 0 aliphatic carbocycles. The molecule has 0 aromatic carbocycles. The highest BCUT2D eigenvalue weighted by Gasteiger charge is 2.30. The summed E-state index contributed by atoms with van der Waals surface area (Å²) in [5, 5.41) is 12.3. The van der Waals surface area contributed by atoms with Crippen LogP contribution in [-0.2, 0) is 4.79 Å². The molecular formula is C17H35NO2. The predicted octanol–water partition coefficient (Wildman–Crippen LogP) is 4.75. The molecule has 0 saturated carbocycles. The van der Waals surface area contributed by atoms with Gasteiger partial charge < -0.3 is 10.4 Å². The summed E-state index contributed by atoms with van der Waals surface area (Å²) in [5.41, 5.74) is -0.741. The van der Waals surface area contributed by atoms with Gasteiger partial charge in [-0.2, -0.15) is 0 Å². The highest BCUT2D eigenvalue weighted by Crippen LogP contribution is 2.17. The minimum absolute atomic E-state index is 0.709. The van der Waals surface area contributed by atoms with Crippen molar-refractivity contribution in [1.82, 2.24) is 5.32 Å². The molecule has 0 spiro atoms. The lowest BCUT2D eigenvalue weighted by Crippen LogP contribution is -2.49. The summed E-state index contributed by atoms with van der Waals surface area (Å²) >= 11 is 0. The van der Waals surface area contributed by atoms with E-state index >= 15 is 0 Å². The predicted molar refractivity (Wildman–Crippen MR) is 86.2 cm³/mol. The average Bonchev–Trinajstić information content (AvgIpc) is 2.41. The van der Waals surface area contributed by atoms with Crippen LogP contribution in [0.2, 0.25) is 0 Å². The normalized spacial score (nSPS) is 14.2. The van der Waals surface area contributed by atoms with Gasteiger partial charge in [0.05, 0.1) is 0 Å². The SMILES string of the molecule is CCCCCCCCCCCCC(C)(NCC)C(=O)O. The van der Waals surface area contributed by atoms with Gasteiger partial charge >= 0.3 is 5.97 Å². The molecule has 3 heteroatoms. The fraction of sp³-hybridized carbons (Fsp3) is 0.941. The molecule has 0 fully saturated rings. The smallest absolute Gasteiger partial charge is 0.323 e. The molecule has 0 aromatic rings. The Bertz CT molecular complexity index is 243. The summed E-state index contributed by atoms with van der Waals surface area (Å²) in [7, 11) is 0. The number of unbranched alkanes of at least 4 members (excludes halogenated alkanes) is 9. The first-order chi connectivity index (χ1) is 9.56. The van der Waals surface area contributed by atoms with Gasteiger partial charge in [0.25, 0.3) is 0 Å².